The van der Waals surface area contributed by atoms with E-state index in [9.17, 15) is 4.79 Å². The minimum absolute atomic E-state index is 0.0176. The third-order valence-electron chi connectivity index (χ3n) is 3.50. The molecule has 1 heterocycles. The van der Waals surface area contributed by atoms with Crippen LogP contribution in [0.25, 0.3) is 0 Å². The molecule has 17 heavy (non-hydrogen) atoms. The van der Waals surface area contributed by atoms with E-state index in [1.54, 1.807) is 4.90 Å². The second kappa shape index (κ2) is 5.36. The van der Waals surface area contributed by atoms with E-state index in [0.29, 0.717) is 19.1 Å². The summed E-state index contributed by atoms with van der Waals surface area (Å²) in [7, 11) is 0. The molecule has 4 nitrogen and oxygen atoms in total. The number of rotatable bonds is 5. The van der Waals surface area contributed by atoms with Crippen LogP contribution >= 0.6 is 0 Å². The highest BCUT2D eigenvalue weighted by molar-refractivity contribution is 5.92. The molecule has 0 spiro atoms. The van der Waals surface area contributed by atoms with Crippen LogP contribution in [0.1, 0.15) is 42.7 Å². The number of carbonyl (C=O) groups excluding carboxylic acids is 1. The van der Waals surface area contributed by atoms with Crippen LogP contribution in [0.3, 0.4) is 0 Å². The van der Waals surface area contributed by atoms with Gasteiger partial charge in [-0.2, -0.15) is 0 Å². The maximum Gasteiger partial charge on any atom is 0.270 e. The SMILES string of the molecule is CCN(CCO)C(=O)c1cccn1C1CCC1. The van der Waals surface area contributed by atoms with E-state index < -0.39 is 0 Å². The fourth-order valence-electron chi connectivity index (χ4n) is 2.24. The summed E-state index contributed by atoms with van der Waals surface area (Å²) in [5, 5.41) is 8.95. The second-order valence-corrected chi connectivity index (χ2v) is 4.49. The molecule has 0 atom stereocenters. The molecule has 0 unspecified atom stereocenters. The van der Waals surface area contributed by atoms with E-state index in [0.717, 1.165) is 5.69 Å². The number of aliphatic hydroxyl groups excluding tert-OH is 1. The molecule has 0 aliphatic heterocycles. The zero-order valence-corrected chi connectivity index (χ0v) is 10.3. The minimum Gasteiger partial charge on any atom is -0.395 e. The van der Waals surface area contributed by atoms with Gasteiger partial charge in [0.2, 0.25) is 0 Å². The topological polar surface area (TPSA) is 45.5 Å². The van der Waals surface area contributed by atoms with Crippen LogP contribution in [0.5, 0.6) is 0 Å². The highest BCUT2D eigenvalue weighted by Crippen LogP contribution is 2.32. The van der Waals surface area contributed by atoms with Crippen LogP contribution in [0.2, 0.25) is 0 Å². The van der Waals surface area contributed by atoms with Crippen molar-refractivity contribution in [3.05, 3.63) is 24.0 Å². The summed E-state index contributed by atoms with van der Waals surface area (Å²) < 4.78 is 2.09. The van der Waals surface area contributed by atoms with Crippen molar-refractivity contribution in [3.8, 4) is 0 Å². The minimum atomic E-state index is 0.0176. The Morgan fingerprint density at radius 2 is 2.35 bits per heavy atom. The quantitative estimate of drug-likeness (QED) is 0.845. The molecule has 1 saturated carbocycles. The van der Waals surface area contributed by atoms with Crippen molar-refractivity contribution in [2.75, 3.05) is 19.7 Å². The van der Waals surface area contributed by atoms with Gasteiger partial charge in [0, 0.05) is 25.3 Å². The van der Waals surface area contributed by atoms with Gasteiger partial charge in [-0.15, -0.1) is 0 Å². The lowest BCUT2D eigenvalue weighted by molar-refractivity contribution is 0.0715. The molecule has 1 amide bonds. The van der Waals surface area contributed by atoms with Gasteiger partial charge < -0.3 is 14.6 Å². The molecule has 0 aromatic carbocycles. The molecule has 94 valence electrons. The zero-order valence-electron chi connectivity index (χ0n) is 10.3. The molecule has 1 aromatic heterocycles. The highest BCUT2D eigenvalue weighted by atomic mass is 16.3. The van der Waals surface area contributed by atoms with Crippen molar-refractivity contribution >= 4 is 5.91 Å². The number of hydrogen-bond acceptors (Lipinski definition) is 2. The summed E-state index contributed by atoms with van der Waals surface area (Å²) in [5.41, 5.74) is 0.755. The first kappa shape index (κ1) is 12.2. The summed E-state index contributed by atoms with van der Waals surface area (Å²) in [6.45, 7) is 2.99. The molecule has 1 N–H and O–H groups in total. The second-order valence-electron chi connectivity index (χ2n) is 4.49. The van der Waals surface area contributed by atoms with Gasteiger partial charge in [-0.05, 0) is 38.3 Å². The van der Waals surface area contributed by atoms with Crippen molar-refractivity contribution in [2.45, 2.75) is 32.2 Å². The van der Waals surface area contributed by atoms with Crippen molar-refractivity contribution in [1.82, 2.24) is 9.47 Å². The average molecular weight is 236 g/mol. The predicted molar refractivity (Wildman–Crippen MR) is 66.0 cm³/mol. The Bertz CT molecular complexity index is 383. The number of hydrogen-bond donors (Lipinski definition) is 1. The number of nitrogens with zero attached hydrogens (tertiary/aromatic N) is 2. The Balaban J connectivity index is 2.14. The van der Waals surface area contributed by atoms with Gasteiger partial charge in [-0.1, -0.05) is 0 Å². The first-order valence-corrected chi connectivity index (χ1v) is 6.35. The fourth-order valence-corrected chi connectivity index (χ4v) is 2.24. The van der Waals surface area contributed by atoms with Gasteiger partial charge in [-0.3, -0.25) is 4.79 Å². The largest absolute Gasteiger partial charge is 0.395 e. The van der Waals surface area contributed by atoms with Gasteiger partial charge >= 0.3 is 0 Å². The zero-order chi connectivity index (χ0) is 12.3. The predicted octanol–water partition coefficient (Wildman–Crippen LogP) is 1.67. The Hall–Kier alpha value is -1.29. The summed E-state index contributed by atoms with van der Waals surface area (Å²) in [4.78, 5) is 14.0. The molecule has 0 saturated heterocycles. The lowest BCUT2D eigenvalue weighted by Gasteiger charge is -2.30. The van der Waals surface area contributed by atoms with Gasteiger partial charge in [0.05, 0.1) is 6.61 Å². The van der Waals surface area contributed by atoms with Crippen LogP contribution in [0, 0.1) is 0 Å². The highest BCUT2D eigenvalue weighted by Gasteiger charge is 2.24. The Kier molecular flexibility index (Phi) is 3.84. The smallest absolute Gasteiger partial charge is 0.270 e. The Morgan fingerprint density at radius 3 is 2.88 bits per heavy atom. The average Bonchev–Trinajstić information content (AvgIpc) is 2.71. The van der Waals surface area contributed by atoms with Gasteiger partial charge in [0.1, 0.15) is 5.69 Å². The molecule has 0 radical (unpaired) electrons. The van der Waals surface area contributed by atoms with Gasteiger partial charge in [0.25, 0.3) is 5.91 Å². The van der Waals surface area contributed by atoms with Crippen LogP contribution in [0.4, 0.5) is 0 Å². The monoisotopic (exact) mass is 236 g/mol. The van der Waals surface area contributed by atoms with E-state index in [2.05, 4.69) is 4.57 Å². The number of carbonyl (C=O) groups is 1. The summed E-state index contributed by atoms with van der Waals surface area (Å²) in [5.74, 6) is 0.0263. The van der Waals surface area contributed by atoms with Gasteiger partial charge in [0.15, 0.2) is 0 Å². The molecule has 0 bridgehead atoms. The van der Waals surface area contributed by atoms with Crippen LogP contribution < -0.4 is 0 Å². The van der Waals surface area contributed by atoms with E-state index in [-0.39, 0.29) is 12.5 Å². The summed E-state index contributed by atoms with van der Waals surface area (Å²) in [6, 6.07) is 4.30. The molecular formula is C13H20N2O2. The normalized spacial score (nSPS) is 15.6. The molecular weight excluding hydrogens is 216 g/mol. The molecule has 2 rings (SSSR count). The maximum atomic E-state index is 12.3. The van der Waals surface area contributed by atoms with E-state index >= 15 is 0 Å². The Morgan fingerprint density at radius 1 is 1.59 bits per heavy atom. The number of amides is 1. The first-order chi connectivity index (χ1) is 8.27. The standard InChI is InChI=1S/C13H20N2O2/c1-2-14(9-10-16)13(17)12-7-4-8-15(12)11-5-3-6-11/h4,7-8,11,16H,2-3,5-6,9-10H2,1H3. The van der Waals surface area contributed by atoms with Crippen LogP contribution in [-0.2, 0) is 0 Å². The van der Waals surface area contributed by atoms with Crippen LogP contribution in [0.15, 0.2) is 18.3 Å². The molecule has 4 heteroatoms. The van der Waals surface area contributed by atoms with Gasteiger partial charge in [-0.25, -0.2) is 0 Å². The summed E-state index contributed by atoms with van der Waals surface area (Å²) in [6.07, 6.45) is 5.58. The molecule has 1 fully saturated rings. The van der Waals surface area contributed by atoms with Crippen molar-refractivity contribution < 1.29 is 9.90 Å². The lowest BCUT2D eigenvalue weighted by atomic mass is 9.93. The maximum absolute atomic E-state index is 12.3. The van der Waals surface area contributed by atoms with Crippen molar-refractivity contribution in [1.29, 1.82) is 0 Å². The molecule has 1 aliphatic rings. The Labute approximate surface area is 102 Å². The number of likely N-dealkylation sites (N-methyl/N-ethyl adjacent to an activating group) is 1. The first-order valence-electron chi connectivity index (χ1n) is 6.35. The van der Waals surface area contributed by atoms with Crippen molar-refractivity contribution in [2.24, 2.45) is 0 Å². The fraction of sp³-hybridized carbons (Fsp3) is 0.615. The third kappa shape index (κ3) is 2.36. The van der Waals surface area contributed by atoms with E-state index in [1.165, 1.54) is 19.3 Å². The summed E-state index contributed by atoms with van der Waals surface area (Å²) >= 11 is 0. The lowest BCUT2D eigenvalue weighted by Crippen LogP contribution is -2.35. The molecule has 1 aliphatic carbocycles. The number of aliphatic hydroxyl groups is 1. The van der Waals surface area contributed by atoms with E-state index in [1.807, 2.05) is 25.3 Å². The molecule has 1 aromatic rings. The van der Waals surface area contributed by atoms with Crippen LogP contribution in [-0.4, -0.2) is 40.2 Å². The third-order valence-corrected chi connectivity index (χ3v) is 3.50. The van der Waals surface area contributed by atoms with E-state index in [4.69, 9.17) is 5.11 Å². The number of aromatic nitrogens is 1. The van der Waals surface area contributed by atoms with Crippen molar-refractivity contribution in [3.63, 3.8) is 0 Å².